The smallest absolute Gasteiger partial charge is 0.123 e. The van der Waals surface area contributed by atoms with Gasteiger partial charge in [0.1, 0.15) is 5.82 Å². The molecule has 0 bridgehead atoms. The van der Waals surface area contributed by atoms with Gasteiger partial charge < -0.3 is 0 Å². The van der Waals surface area contributed by atoms with Crippen LogP contribution in [0.25, 0.3) is 11.1 Å². The Bertz CT molecular complexity index is 765. The Morgan fingerprint density at radius 3 is 2.03 bits per heavy atom. The summed E-state index contributed by atoms with van der Waals surface area (Å²) in [4.78, 5) is 0. The standard InChI is InChI=1S/C28H38FSi/c1-2-3-7-20-30-21-16-26(17-22-30)28(18-5-4-6-19-28)25-12-8-23(9-13-25)24-10-14-27(29)15-11-24/h8-15,26H,2-7,16-22H2,1H3. The molecule has 0 atom stereocenters. The molecule has 1 aliphatic heterocycles. The fourth-order valence-electron chi connectivity index (χ4n) is 6.21. The lowest BCUT2D eigenvalue weighted by Gasteiger charge is -2.47. The molecule has 0 amide bonds. The molecule has 1 aliphatic carbocycles. The molecular weight excluding hydrogens is 383 g/mol. The van der Waals surface area contributed by atoms with Gasteiger partial charge in [-0.1, -0.05) is 113 Å². The lowest BCUT2D eigenvalue weighted by molar-refractivity contribution is 0.174. The van der Waals surface area contributed by atoms with Crippen molar-refractivity contribution in [1.29, 1.82) is 0 Å². The van der Waals surface area contributed by atoms with Crippen LogP contribution in [0.4, 0.5) is 4.39 Å². The van der Waals surface area contributed by atoms with Crippen LogP contribution in [0.5, 0.6) is 0 Å². The van der Waals surface area contributed by atoms with Crippen molar-refractivity contribution in [2.24, 2.45) is 5.92 Å². The van der Waals surface area contributed by atoms with E-state index in [0.717, 1.165) is 11.5 Å². The number of hydrogen-bond acceptors (Lipinski definition) is 0. The summed E-state index contributed by atoms with van der Waals surface area (Å²) in [5.74, 6) is 0.721. The van der Waals surface area contributed by atoms with Gasteiger partial charge in [0.25, 0.3) is 0 Å². The van der Waals surface area contributed by atoms with Gasteiger partial charge >= 0.3 is 0 Å². The van der Waals surface area contributed by atoms with E-state index in [0.29, 0.717) is 5.41 Å². The molecule has 30 heavy (non-hydrogen) atoms. The van der Waals surface area contributed by atoms with E-state index >= 15 is 0 Å². The van der Waals surface area contributed by atoms with Crippen LogP contribution in [0.1, 0.15) is 76.7 Å². The van der Waals surface area contributed by atoms with Crippen molar-refractivity contribution in [3.63, 3.8) is 0 Å². The van der Waals surface area contributed by atoms with Crippen LogP contribution in [-0.2, 0) is 5.41 Å². The van der Waals surface area contributed by atoms with Gasteiger partial charge in [0.05, 0.1) is 0 Å². The average molecular weight is 422 g/mol. The van der Waals surface area contributed by atoms with Crippen LogP contribution in [0, 0.1) is 11.7 Å². The highest BCUT2D eigenvalue weighted by Gasteiger charge is 2.42. The summed E-state index contributed by atoms with van der Waals surface area (Å²) in [7, 11) is -0.0751. The highest BCUT2D eigenvalue weighted by Crippen LogP contribution is 2.50. The van der Waals surface area contributed by atoms with E-state index in [2.05, 4.69) is 31.2 Å². The van der Waals surface area contributed by atoms with E-state index < -0.39 is 0 Å². The monoisotopic (exact) mass is 421 g/mol. The summed E-state index contributed by atoms with van der Waals surface area (Å²) < 4.78 is 13.3. The van der Waals surface area contributed by atoms with E-state index in [1.165, 1.54) is 69.8 Å². The molecule has 2 aromatic rings. The number of hydrogen-bond donors (Lipinski definition) is 0. The molecule has 2 fully saturated rings. The second-order valence-corrected chi connectivity index (χ2v) is 12.8. The SMILES string of the molecule is CCCCC[Si]1CCC(C2(c3ccc(-c4ccc(F)cc4)cc3)CCCCC2)CC1. The molecule has 1 heterocycles. The molecule has 1 saturated carbocycles. The molecule has 2 aromatic carbocycles. The summed E-state index contributed by atoms with van der Waals surface area (Å²) in [5.41, 5.74) is 4.31. The van der Waals surface area contributed by atoms with Crippen LogP contribution < -0.4 is 0 Å². The van der Waals surface area contributed by atoms with Gasteiger partial charge in [-0.05, 0) is 53.0 Å². The first-order valence-electron chi connectivity index (χ1n) is 12.4. The molecule has 0 N–H and O–H groups in total. The number of benzene rings is 2. The van der Waals surface area contributed by atoms with Crippen molar-refractivity contribution in [3.05, 3.63) is 59.9 Å². The van der Waals surface area contributed by atoms with Crippen molar-refractivity contribution in [1.82, 2.24) is 0 Å². The summed E-state index contributed by atoms with van der Waals surface area (Å²) in [6, 6.07) is 20.9. The zero-order valence-corrected chi connectivity index (χ0v) is 19.8. The van der Waals surface area contributed by atoms with Gasteiger partial charge in [-0.3, -0.25) is 0 Å². The van der Waals surface area contributed by atoms with Crippen LogP contribution in [0.3, 0.4) is 0 Å². The zero-order valence-electron chi connectivity index (χ0n) is 18.8. The van der Waals surface area contributed by atoms with E-state index in [-0.39, 0.29) is 14.6 Å². The highest BCUT2D eigenvalue weighted by atomic mass is 28.3. The quantitative estimate of drug-likeness (QED) is 0.309. The molecule has 0 aromatic heterocycles. The molecule has 161 valence electrons. The molecular formula is C28H38FSi. The zero-order chi connectivity index (χ0) is 20.8. The first-order chi connectivity index (χ1) is 14.7. The maximum absolute atomic E-state index is 13.3. The van der Waals surface area contributed by atoms with Crippen molar-refractivity contribution < 1.29 is 4.39 Å². The predicted molar refractivity (Wildman–Crippen MR) is 129 cm³/mol. The molecule has 1 saturated heterocycles. The summed E-state index contributed by atoms with van der Waals surface area (Å²) in [5, 5.41) is 0. The Balaban J connectivity index is 1.49. The summed E-state index contributed by atoms with van der Waals surface area (Å²) >= 11 is 0. The van der Waals surface area contributed by atoms with Gasteiger partial charge in [-0.25, -0.2) is 4.39 Å². The summed E-state index contributed by atoms with van der Waals surface area (Å²) in [6.07, 6.45) is 14.2. The normalized spacial score (nSPS) is 20.3. The molecule has 0 unspecified atom stereocenters. The minimum atomic E-state index is -0.163. The van der Waals surface area contributed by atoms with Gasteiger partial charge in [-0.2, -0.15) is 0 Å². The third-order valence-corrected chi connectivity index (χ3v) is 11.0. The number of rotatable bonds is 7. The fraction of sp³-hybridized carbons (Fsp3) is 0.571. The predicted octanol–water partition coefficient (Wildman–Crippen LogP) is 8.79. The van der Waals surface area contributed by atoms with E-state index in [9.17, 15) is 4.39 Å². The molecule has 0 nitrogen and oxygen atoms in total. The van der Waals surface area contributed by atoms with Gasteiger partial charge in [0, 0.05) is 8.80 Å². The van der Waals surface area contributed by atoms with Crippen molar-refractivity contribution in [3.8, 4) is 11.1 Å². The second kappa shape index (κ2) is 10.3. The average Bonchev–Trinajstić information content (AvgIpc) is 2.81. The Morgan fingerprint density at radius 2 is 1.43 bits per heavy atom. The minimum absolute atomic E-state index is 0.0751. The number of halogens is 1. The van der Waals surface area contributed by atoms with Crippen molar-refractivity contribution in [2.75, 3.05) is 0 Å². The topological polar surface area (TPSA) is 0 Å². The fourth-order valence-corrected chi connectivity index (χ4v) is 9.22. The summed E-state index contributed by atoms with van der Waals surface area (Å²) in [6.45, 7) is 2.32. The van der Waals surface area contributed by atoms with E-state index in [1.54, 1.807) is 35.8 Å². The van der Waals surface area contributed by atoms with Gasteiger partial charge in [0.2, 0.25) is 0 Å². The van der Waals surface area contributed by atoms with Crippen molar-refractivity contribution in [2.45, 2.75) is 94.7 Å². The Kier molecular flexibility index (Phi) is 7.46. The lowest BCUT2D eigenvalue weighted by atomic mass is 9.60. The first kappa shape index (κ1) is 21.8. The van der Waals surface area contributed by atoms with Crippen LogP contribution in [-0.4, -0.2) is 8.80 Å². The van der Waals surface area contributed by atoms with Crippen LogP contribution >= 0.6 is 0 Å². The lowest BCUT2D eigenvalue weighted by Crippen LogP contribution is -2.40. The van der Waals surface area contributed by atoms with Gasteiger partial charge in [0.15, 0.2) is 0 Å². The second-order valence-electron chi connectivity index (χ2n) is 9.78. The van der Waals surface area contributed by atoms with Crippen LogP contribution in [0.2, 0.25) is 18.1 Å². The molecule has 1 radical (unpaired) electrons. The molecule has 2 aliphatic rings. The van der Waals surface area contributed by atoms with E-state index in [1.807, 2.05) is 12.1 Å². The third kappa shape index (κ3) is 4.90. The molecule has 0 spiro atoms. The van der Waals surface area contributed by atoms with Crippen LogP contribution in [0.15, 0.2) is 48.5 Å². The first-order valence-corrected chi connectivity index (χ1v) is 14.5. The largest absolute Gasteiger partial charge is 0.207 e. The van der Waals surface area contributed by atoms with Crippen molar-refractivity contribution >= 4 is 8.80 Å². The van der Waals surface area contributed by atoms with E-state index in [4.69, 9.17) is 0 Å². The maximum Gasteiger partial charge on any atom is 0.123 e. The molecule has 4 rings (SSSR count). The highest BCUT2D eigenvalue weighted by molar-refractivity contribution is 6.58. The Labute approximate surface area is 184 Å². The minimum Gasteiger partial charge on any atom is -0.207 e. The maximum atomic E-state index is 13.3. The Morgan fingerprint density at radius 1 is 0.833 bits per heavy atom. The Hall–Kier alpha value is -1.41. The number of unbranched alkanes of at least 4 members (excludes halogenated alkanes) is 2. The third-order valence-electron chi connectivity index (χ3n) is 7.99. The van der Waals surface area contributed by atoms with Gasteiger partial charge in [-0.15, -0.1) is 0 Å². The molecule has 2 heteroatoms.